The standard InChI is InChI=1S/C22H19F3N2O4S2/c23-22(24,25)16-3-1-4-18(14-16)33(30,31)12-11-32-21-19(5-2-10-26-21)27-20(29)13-15-6-8-17(28)9-7-15/h1-10,14,28H,11-13H2,(H,27,29). The van der Waals surface area contributed by atoms with Gasteiger partial charge < -0.3 is 10.4 Å². The molecule has 0 spiro atoms. The predicted molar refractivity (Wildman–Crippen MR) is 119 cm³/mol. The van der Waals surface area contributed by atoms with Crippen molar-refractivity contribution in [2.24, 2.45) is 0 Å². The quantitative estimate of drug-likeness (QED) is 0.444. The van der Waals surface area contributed by atoms with E-state index in [1.807, 2.05) is 0 Å². The first-order valence-corrected chi connectivity index (χ1v) is 12.2. The normalized spacial score (nSPS) is 11.8. The summed E-state index contributed by atoms with van der Waals surface area (Å²) in [6, 6.07) is 13.0. The number of rotatable bonds is 8. The summed E-state index contributed by atoms with van der Waals surface area (Å²) in [5.74, 6) is -0.621. The molecule has 0 aliphatic heterocycles. The van der Waals surface area contributed by atoms with Gasteiger partial charge in [-0.25, -0.2) is 13.4 Å². The van der Waals surface area contributed by atoms with Crippen LogP contribution in [0.15, 0.2) is 76.8 Å². The van der Waals surface area contributed by atoms with E-state index in [1.165, 1.54) is 18.3 Å². The molecule has 33 heavy (non-hydrogen) atoms. The van der Waals surface area contributed by atoms with Crippen LogP contribution in [-0.2, 0) is 27.2 Å². The molecule has 0 saturated carbocycles. The summed E-state index contributed by atoms with van der Waals surface area (Å²) in [6.07, 6.45) is -3.09. The van der Waals surface area contributed by atoms with E-state index in [4.69, 9.17) is 0 Å². The lowest BCUT2D eigenvalue weighted by Gasteiger charge is -2.11. The molecule has 1 amide bonds. The number of sulfone groups is 1. The van der Waals surface area contributed by atoms with Crippen molar-refractivity contribution in [1.29, 1.82) is 0 Å². The van der Waals surface area contributed by atoms with Crippen molar-refractivity contribution in [3.8, 4) is 5.75 Å². The van der Waals surface area contributed by atoms with Gasteiger partial charge in [-0.15, -0.1) is 11.8 Å². The van der Waals surface area contributed by atoms with E-state index in [-0.39, 0.29) is 23.8 Å². The van der Waals surface area contributed by atoms with Crippen LogP contribution in [0.4, 0.5) is 18.9 Å². The Balaban J connectivity index is 1.63. The fourth-order valence-electron chi connectivity index (χ4n) is 2.83. The maximum atomic E-state index is 12.9. The van der Waals surface area contributed by atoms with Crippen LogP contribution in [0.5, 0.6) is 5.75 Å². The summed E-state index contributed by atoms with van der Waals surface area (Å²) < 4.78 is 63.6. The molecule has 0 radical (unpaired) electrons. The van der Waals surface area contributed by atoms with Crippen molar-refractivity contribution in [1.82, 2.24) is 4.98 Å². The van der Waals surface area contributed by atoms with Gasteiger partial charge in [0.25, 0.3) is 0 Å². The number of carbonyl (C=O) groups is 1. The van der Waals surface area contributed by atoms with Gasteiger partial charge in [0.1, 0.15) is 10.8 Å². The molecule has 0 unspecified atom stereocenters. The minimum absolute atomic E-state index is 0.0242. The van der Waals surface area contributed by atoms with Gasteiger partial charge in [-0.2, -0.15) is 13.2 Å². The van der Waals surface area contributed by atoms with Crippen LogP contribution in [0, 0.1) is 0 Å². The van der Waals surface area contributed by atoms with Gasteiger partial charge in [0, 0.05) is 11.9 Å². The van der Waals surface area contributed by atoms with E-state index in [0.29, 0.717) is 22.3 Å². The molecular weight excluding hydrogens is 477 g/mol. The zero-order chi connectivity index (χ0) is 24.1. The smallest absolute Gasteiger partial charge is 0.416 e. The Morgan fingerprint density at radius 3 is 2.48 bits per heavy atom. The Labute approximate surface area is 192 Å². The Hall–Kier alpha value is -3.05. The number of nitrogens with one attached hydrogen (secondary N) is 1. The molecule has 0 atom stereocenters. The highest BCUT2D eigenvalue weighted by Gasteiger charge is 2.31. The molecule has 0 aliphatic rings. The number of alkyl halides is 3. The van der Waals surface area contributed by atoms with Gasteiger partial charge >= 0.3 is 6.18 Å². The fourth-order valence-corrected chi connectivity index (χ4v) is 5.47. The summed E-state index contributed by atoms with van der Waals surface area (Å²) in [4.78, 5) is 16.1. The molecule has 11 heteroatoms. The number of pyridine rings is 1. The number of anilines is 1. The second-order valence-corrected chi connectivity index (χ2v) is 10.1. The Kier molecular flexibility index (Phi) is 7.65. The van der Waals surface area contributed by atoms with Crippen LogP contribution in [0.1, 0.15) is 11.1 Å². The molecular formula is C22H19F3N2O4S2. The van der Waals surface area contributed by atoms with Crippen LogP contribution in [0.3, 0.4) is 0 Å². The Morgan fingerprint density at radius 1 is 1.06 bits per heavy atom. The number of hydrogen-bond donors (Lipinski definition) is 2. The third kappa shape index (κ3) is 6.96. The summed E-state index contributed by atoms with van der Waals surface area (Å²) in [5.41, 5.74) is 0.0536. The van der Waals surface area contributed by atoms with E-state index in [2.05, 4.69) is 10.3 Å². The lowest BCUT2D eigenvalue weighted by atomic mass is 10.1. The lowest BCUT2D eigenvalue weighted by Crippen LogP contribution is -2.15. The number of hydrogen-bond acceptors (Lipinski definition) is 6. The maximum absolute atomic E-state index is 12.9. The minimum atomic E-state index is -4.64. The number of nitrogens with zero attached hydrogens (tertiary/aromatic N) is 1. The number of carbonyl (C=O) groups excluding carboxylic acids is 1. The van der Waals surface area contributed by atoms with Gasteiger partial charge in [-0.1, -0.05) is 18.2 Å². The average molecular weight is 497 g/mol. The van der Waals surface area contributed by atoms with Crippen LogP contribution >= 0.6 is 11.8 Å². The van der Waals surface area contributed by atoms with E-state index >= 15 is 0 Å². The molecule has 2 N–H and O–H groups in total. The van der Waals surface area contributed by atoms with Crippen LogP contribution in [0.2, 0.25) is 0 Å². The van der Waals surface area contributed by atoms with Crippen molar-refractivity contribution in [3.63, 3.8) is 0 Å². The van der Waals surface area contributed by atoms with Gasteiger partial charge in [0.05, 0.1) is 28.3 Å². The van der Waals surface area contributed by atoms with Crippen LogP contribution in [0.25, 0.3) is 0 Å². The zero-order valence-corrected chi connectivity index (χ0v) is 18.7. The summed E-state index contributed by atoms with van der Waals surface area (Å²) in [6.45, 7) is 0. The first-order valence-electron chi connectivity index (χ1n) is 9.60. The van der Waals surface area contributed by atoms with Gasteiger partial charge in [-0.3, -0.25) is 4.79 Å². The van der Waals surface area contributed by atoms with Gasteiger partial charge in [0.2, 0.25) is 5.91 Å². The van der Waals surface area contributed by atoms with Crippen molar-refractivity contribution >= 4 is 33.2 Å². The number of aromatic hydroxyl groups is 1. The van der Waals surface area contributed by atoms with Crippen molar-refractivity contribution in [2.45, 2.75) is 22.5 Å². The van der Waals surface area contributed by atoms with Gasteiger partial charge in [0.15, 0.2) is 9.84 Å². The Bertz CT molecular complexity index is 1230. The van der Waals surface area contributed by atoms with E-state index in [0.717, 1.165) is 30.0 Å². The van der Waals surface area contributed by atoms with Crippen LogP contribution < -0.4 is 5.32 Å². The maximum Gasteiger partial charge on any atom is 0.416 e. The highest BCUT2D eigenvalue weighted by Crippen LogP contribution is 2.31. The molecule has 0 saturated heterocycles. The second kappa shape index (κ2) is 10.3. The Morgan fingerprint density at radius 2 is 1.79 bits per heavy atom. The fraction of sp³-hybridized carbons (Fsp3) is 0.182. The molecule has 1 aromatic heterocycles. The molecule has 174 valence electrons. The number of aromatic nitrogens is 1. The highest BCUT2D eigenvalue weighted by atomic mass is 32.2. The third-order valence-electron chi connectivity index (χ3n) is 4.46. The molecule has 0 fully saturated rings. The molecule has 1 heterocycles. The molecule has 6 nitrogen and oxygen atoms in total. The first kappa shape index (κ1) is 24.6. The largest absolute Gasteiger partial charge is 0.508 e. The minimum Gasteiger partial charge on any atom is -0.508 e. The average Bonchev–Trinajstić information content (AvgIpc) is 2.76. The lowest BCUT2D eigenvalue weighted by molar-refractivity contribution is -0.137. The number of phenols is 1. The first-order chi connectivity index (χ1) is 15.5. The molecule has 2 aromatic carbocycles. The molecule has 3 rings (SSSR count). The second-order valence-electron chi connectivity index (χ2n) is 6.94. The van der Waals surface area contributed by atoms with E-state index < -0.39 is 32.2 Å². The summed E-state index contributed by atoms with van der Waals surface area (Å²) in [5, 5.41) is 12.4. The molecule has 0 aliphatic carbocycles. The number of halogens is 3. The van der Waals surface area contributed by atoms with Crippen LogP contribution in [-0.4, -0.2) is 35.9 Å². The highest BCUT2D eigenvalue weighted by molar-refractivity contribution is 8.00. The topological polar surface area (TPSA) is 96.4 Å². The van der Waals surface area contributed by atoms with Gasteiger partial charge in [-0.05, 0) is 48.0 Å². The zero-order valence-electron chi connectivity index (χ0n) is 17.0. The predicted octanol–water partition coefficient (Wildman–Crippen LogP) is 4.55. The van der Waals surface area contributed by atoms with Crippen molar-refractivity contribution in [2.75, 3.05) is 16.8 Å². The number of amides is 1. The molecule has 0 bridgehead atoms. The number of phenolic OH excluding ortho intramolecular Hbond substituents is 1. The monoisotopic (exact) mass is 496 g/mol. The summed E-state index contributed by atoms with van der Waals surface area (Å²) >= 11 is 1.07. The molecule has 3 aromatic rings. The number of thioether (sulfide) groups is 1. The SMILES string of the molecule is O=C(Cc1ccc(O)cc1)Nc1cccnc1SCCS(=O)(=O)c1cccc(C(F)(F)F)c1. The van der Waals surface area contributed by atoms with E-state index in [9.17, 15) is 31.5 Å². The van der Waals surface area contributed by atoms with Crippen molar-refractivity contribution < 1.29 is 31.5 Å². The summed E-state index contributed by atoms with van der Waals surface area (Å²) in [7, 11) is -3.95. The van der Waals surface area contributed by atoms with Crippen molar-refractivity contribution in [3.05, 3.63) is 78.0 Å². The third-order valence-corrected chi connectivity index (χ3v) is 7.44. The van der Waals surface area contributed by atoms with E-state index in [1.54, 1.807) is 24.3 Å². The number of benzene rings is 2.